The highest BCUT2D eigenvalue weighted by Crippen LogP contribution is 2.14. The van der Waals surface area contributed by atoms with Gasteiger partial charge in [-0.25, -0.2) is 4.79 Å². The number of carbonyl (C=O) groups excluding carboxylic acids is 2. The molecule has 0 saturated carbocycles. The summed E-state index contributed by atoms with van der Waals surface area (Å²) >= 11 is 3.29. The highest BCUT2D eigenvalue weighted by molar-refractivity contribution is 9.10. The third-order valence-corrected chi connectivity index (χ3v) is 3.26. The summed E-state index contributed by atoms with van der Waals surface area (Å²) in [5.41, 5.74) is 0.939. The van der Waals surface area contributed by atoms with Gasteiger partial charge in [0.2, 0.25) is 5.78 Å². The van der Waals surface area contributed by atoms with Crippen LogP contribution in [-0.4, -0.2) is 17.9 Å². The molecular weight excluding hydrogens is 320 g/mol. The monoisotopic (exact) mass is 332 g/mol. The van der Waals surface area contributed by atoms with Crippen LogP contribution >= 0.6 is 15.9 Å². The van der Waals surface area contributed by atoms with Crippen LogP contribution in [0.25, 0.3) is 0 Å². The van der Waals surface area contributed by atoms with Crippen molar-refractivity contribution in [2.75, 3.05) is 0 Å². The first kappa shape index (κ1) is 14.5. The van der Waals surface area contributed by atoms with Crippen LogP contribution in [0.15, 0.2) is 59.1 Å². The van der Waals surface area contributed by atoms with E-state index < -0.39 is 12.1 Å². The topological polar surface area (TPSA) is 43.4 Å². The fourth-order valence-electron chi connectivity index (χ4n) is 1.73. The van der Waals surface area contributed by atoms with Crippen LogP contribution in [0.4, 0.5) is 0 Å². The maximum Gasteiger partial charge on any atom is 0.338 e. The van der Waals surface area contributed by atoms with Gasteiger partial charge in [0, 0.05) is 10.0 Å². The summed E-state index contributed by atoms with van der Waals surface area (Å²) in [7, 11) is 0. The van der Waals surface area contributed by atoms with Crippen molar-refractivity contribution in [1.29, 1.82) is 0 Å². The Bertz CT molecular complexity index is 623. The summed E-state index contributed by atoms with van der Waals surface area (Å²) in [4.78, 5) is 24.0. The van der Waals surface area contributed by atoms with Gasteiger partial charge in [0.05, 0.1) is 5.56 Å². The van der Waals surface area contributed by atoms with E-state index >= 15 is 0 Å². The zero-order valence-electron chi connectivity index (χ0n) is 10.9. The highest BCUT2D eigenvalue weighted by Gasteiger charge is 2.20. The van der Waals surface area contributed by atoms with E-state index in [4.69, 9.17) is 4.74 Å². The van der Waals surface area contributed by atoms with Crippen molar-refractivity contribution in [3.63, 3.8) is 0 Å². The van der Waals surface area contributed by atoms with Gasteiger partial charge in [-0.3, -0.25) is 4.79 Å². The van der Waals surface area contributed by atoms with Crippen molar-refractivity contribution in [2.45, 2.75) is 13.0 Å². The molecule has 3 nitrogen and oxygen atoms in total. The lowest BCUT2D eigenvalue weighted by Gasteiger charge is -2.12. The maximum absolute atomic E-state index is 12.1. The van der Waals surface area contributed by atoms with Crippen LogP contribution < -0.4 is 0 Å². The van der Waals surface area contributed by atoms with Gasteiger partial charge in [-0.05, 0) is 25.1 Å². The Kier molecular flexibility index (Phi) is 4.69. The Morgan fingerprint density at radius 3 is 2.30 bits per heavy atom. The van der Waals surface area contributed by atoms with Gasteiger partial charge in [0.1, 0.15) is 0 Å². The Morgan fingerprint density at radius 1 is 1.00 bits per heavy atom. The predicted octanol–water partition coefficient (Wildman–Crippen LogP) is 3.88. The minimum Gasteiger partial charge on any atom is -0.451 e. The number of Topliss-reactive ketones (excluding diaryl/α,β-unsaturated/α-hetero) is 1. The molecule has 20 heavy (non-hydrogen) atoms. The van der Waals surface area contributed by atoms with Crippen molar-refractivity contribution in [3.8, 4) is 0 Å². The van der Waals surface area contributed by atoms with Crippen LogP contribution in [0.5, 0.6) is 0 Å². The lowest BCUT2D eigenvalue weighted by molar-refractivity contribution is 0.0319. The number of carbonyl (C=O) groups is 2. The van der Waals surface area contributed by atoms with Crippen molar-refractivity contribution in [2.24, 2.45) is 0 Å². The molecule has 2 aromatic rings. The van der Waals surface area contributed by atoms with Crippen LogP contribution in [0.1, 0.15) is 27.6 Å². The zero-order chi connectivity index (χ0) is 14.5. The number of halogens is 1. The van der Waals surface area contributed by atoms with E-state index in [2.05, 4.69) is 15.9 Å². The van der Waals surface area contributed by atoms with Crippen molar-refractivity contribution < 1.29 is 14.3 Å². The first-order chi connectivity index (χ1) is 9.58. The Balaban J connectivity index is 2.06. The molecule has 0 spiro atoms. The SMILES string of the molecule is C[C@H](OC(=O)c1cccc(Br)c1)C(=O)c1ccccc1. The van der Waals surface area contributed by atoms with Crippen LogP contribution in [0.2, 0.25) is 0 Å². The number of hydrogen-bond acceptors (Lipinski definition) is 3. The van der Waals surface area contributed by atoms with E-state index in [-0.39, 0.29) is 5.78 Å². The molecule has 0 bridgehead atoms. The molecule has 0 unspecified atom stereocenters. The Labute approximate surface area is 125 Å². The van der Waals surface area contributed by atoms with E-state index in [1.807, 2.05) is 12.1 Å². The summed E-state index contributed by atoms with van der Waals surface area (Å²) in [5.74, 6) is -0.725. The van der Waals surface area contributed by atoms with E-state index in [1.54, 1.807) is 49.4 Å². The van der Waals surface area contributed by atoms with Gasteiger partial charge in [-0.2, -0.15) is 0 Å². The molecule has 4 heteroatoms. The molecular formula is C16H13BrO3. The molecule has 0 aromatic heterocycles. The number of rotatable bonds is 4. The van der Waals surface area contributed by atoms with Gasteiger partial charge < -0.3 is 4.74 Å². The molecule has 0 heterocycles. The normalized spacial score (nSPS) is 11.7. The number of esters is 1. The predicted molar refractivity (Wildman–Crippen MR) is 79.8 cm³/mol. The maximum atomic E-state index is 12.1. The minimum atomic E-state index is -0.816. The summed E-state index contributed by atoms with van der Waals surface area (Å²) in [6.45, 7) is 1.57. The molecule has 102 valence electrons. The Hall–Kier alpha value is -1.94. The molecule has 0 fully saturated rings. The number of ketones is 1. The largest absolute Gasteiger partial charge is 0.451 e. The quantitative estimate of drug-likeness (QED) is 0.630. The zero-order valence-corrected chi connectivity index (χ0v) is 12.5. The first-order valence-electron chi connectivity index (χ1n) is 6.14. The molecule has 0 N–H and O–H groups in total. The molecule has 0 saturated heterocycles. The minimum absolute atomic E-state index is 0.214. The van der Waals surface area contributed by atoms with Crippen molar-refractivity contribution >= 4 is 27.7 Å². The molecule has 1 atom stereocenters. The van der Waals surface area contributed by atoms with E-state index in [9.17, 15) is 9.59 Å². The van der Waals surface area contributed by atoms with Crippen molar-refractivity contribution in [3.05, 3.63) is 70.2 Å². The standard InChI is InChI=1S/C16H13BrO3/c1-11(15(18)12-6-3-2-4-7-12)20-16(19)13-8-5-9-14(17)10-13/h2-11H,1H3/t11-/m0/s1. The summed E-state index contributed by atoms with van der Waals surface area (Å²) in [6.07, 6.45) is -0.816. The smallest absolute Gasteiger partial charge is 0.338 e. The first-order valence-corrected chi connectivity index (χ1v) is 6.93. The van der Waals surface area contributed by atoms with Gasteiger partial charge in [-0.15, -0.1) is 0 Å². The molecule has 2 aromatic carbocycles. The number of benzene rings is 2. The van der Waals surface area contributed by atoms with Gasteiger partial charge >= 0.3 is 5.97 Å². The van der Waals surface area contributed by atoms with Crippen molar-refractivity contribution in [1.82, 2.24) is 0 Å². The second kappa shape index (κ2) is 6.48. The summed E-state index contributed by atoms with van der Waals surface area (Å²) in [5, 5.41) is 0. The van der Waals surface area contributed by atoms with Gasteiger partial charge in [-0.1, -0.05) is 52.3 Å². The lowest BCUT2D eigenvalue weighted by Crippen LogP contribution is -2.24. The van der Waals surface area contributed by atoms with Crippen LogP contribution in [-0.2, 0) is 4.74 Å². The molecule has 0 amide bonds. The number of ether oxygens (including phenoxy) is 1. The molecule has 0 aliphatic heterocycles. The van der Waals surface area contributed by atoms with Gasteiger partial charge in [0.25, 0.3) is 0 Å². The lowest BCUT2D eigenvalue weighted by atomic mass is 10.1. The third kappa shape index (κ3) is 3.54. The van der Waals surface area contributed by atoms with E-state index in [0.717, 1.165) is 4.47 Å². The summed E-state index contributed by atoms with van der Waals surface area (Å²) in [6, 6.07) is 15.6. The second-order valence-corrected chi connectivity index (χ2v) is 5.20. The van der Waals surface area contributed by atoms with Crippen LogP contribution in [0, 0.1) is 0 Å². The van der Waals surface area contributed by atoms with Crippen LogP contribution in [0.3, 0.4) is 0 Å². The summed E-state index contributed by atoms with van der Waals surface area (Å²) < 4.78 is 5.98. The fourth-order valence-corrected chi connectivity index (χ4v) is 2.13. The average Bonchev–Trinajstić information content (AvgIpc) is 2.47. The number of hydrogen-bond donors (Lipinski definition) is 0. The molecule has 0 aliphatic rings. The molecule has 0 radical (unpaired) electrons. The molecule has 2 rings (SSSR count). The second-order valence-electron chi connectivity index (χ2n) is 4.29. The Morgan fingerprint density at radius 2 is 1.65 bits per heavy atom. The fraction of sp³-hybridized carbons (Fsp3) is 0.125. The van der Waals surface area contributed by atoms with Gasteiger partial charge in [0.15, 0.2) is 6.10 Å². The highest BCUT2D eigenvalue weighted by atomic mass is 79.9. The van der Waals surface area contributed by atoms with E-state index in [1.165, 1.54) is 0 Å². The van der Waals surface area contributed by atoms with E-state index in [0.29, 0.717) is 11.1 Å². The molecule has 0 aliphatic carbocycles. The average molecular weight is 333 g/mol. The third-order valence-electron chi connectivity index (χ3n) is 2.77.